The van der Waals surface area contributed by atoms with Gasteiger partial charge in [-0.1, -0.05) is 12.8 Å². The van der Waals surface area contributed by atoms with Crippen LogP contribution in [0, 0.1) is 0 Å². The molecule has 0 aromatic carbocycles. The smallest absolute Gasteiger partial charge is 0.236 e. The maximum Gasteiger partial charge on any atom is 0.236 e. The van der Waals surface area contributed by atoms with Crippen LogP contribution in [0.4, 0.5) is 0 Å². The van der Waals surface area contributed by atoms with Crippen LogP contribution in [0.5, 0.6) is 0 Å². The molecular formula is C13H24N2OS. The highest BCUT2D eigenvalue weighted by molar-refractivity contribution is 7.99. The number of nitrogens with one attached hydrogen (secondary N) is 1. The minimum atomic E-state index is 0.262. The number of hydrogen-bond donors (Lipinski definition) is 1. The van der Waals surface area contributed by atoms with Crippen LogP contribution < -0.4 is 5.32 Å². The Hall–Kier alpha value is -0.220. The molecule has 2 unspecified atom stereocenters. The van der Waals surface area contributed by atoms with Crippen molar-refractivity contribution in [1.29, 1.82) is 0 Å². The minimum absolute atomic E-state index is 0.262. The first-order chi connectivity index (χ1) is 8.22. The molecule has 3 nitrogen and oxygen atoms in total. The minimum Gasteiger partial charge on any atom is -0.342 e. The third-order valence-corrected chi connectivity index (χ3v) is 5.18. The fourth-order valence-electron chi connectivity index (χ4n) is 2.62. The Labute approximate surface area is 109 Å². The molecule has 17 heavy (non-hydrogen) atoms. The lowest BCUT2D eigenvalue weighted by Gasteiger charge is -2.31. The summed E-state index contributed by atoms with van der Waals surface area (Å²) in [5.41, 5.74) is 0. The number of nitrogens with zero attached hydrogens (tertiary/aromatic N) is 1. The highest BCUT2D eigenvalue weighted by atomic mass is 32.2. The van der Waals surface area contributed by atoms with Crippen LogP contribution in [-0.4, -0.2) is 48.0 Å². The molecule has 4 heteroatoms. The van der Waals surface area contributed by atoms with Gasteiger partial charge in [-0.25, -0.2) is 0 Å². The predicted octanol–water partition coefficient (Wildman–Crippen LogP) is 1.87. The van der Waals surface area contributed by atoms with E-state index in [1.54, 1.807) is 0 Å². The van der Waals surface area contributed by atoms with Gasteiger partial charge < -0.3 is 10.2 Å². The largest absolute Gasteiger partial charge is 0.342 e. The SMILES string of the molecule is CSC1CCCCC1NCC(=O)N(C)C1CC1. The maximum absolute atomic E-state index is 11.9. The quantitative estimate of drug-likeness (QED) is 0.815. The Morgan fingerprint density at radius 3 is 2.65 bits per heavy atom. The number of carbonyl (C=O) groups excluding carboxylic acids is 1. The van der Waals surface area contributed by atoms with E-state index < -0.39 is 0 Å². The zero-order valence-corrected chi connectivity index (χ0v) is 11.8. The molecule has 0 aliphatic heterocycles. The molecule has 2 aliphatic carbocycles. The van der Waals surface area contributed by atoms with Gasteiger partial charge in [-0.15, -0.1) is 0 Å². The van der Waals surface area contributed by atoms with Crippen LogP contribution in [0.2, 0.25) is 0 Å². The van der Waals surface area contributed by atoms with Gasteiger partial charge in [0.05, 0.1) is 6.54 Å². The lowest BCUT2D eigenvalue weighted by atomic mass is 9.95. The summed E-state index contributed by atoms with van der Waals surface area (Å²) in [5, 5.41) is 4.17. The van der Waals surface area contributed by atoms with Crippen LogP contribution in [0.1, 0.15) is 38.5 Å². The molecule has 2 atom stereocenters. The van der Waals surface area contributed by atoms with E-state index in [4.69, 9.17) is 0 Å². The molecular weight excluding hydrogens is 232 g/mol. The normalized spacial score (nSPS) is 29.1. The topological polar surface area (TPSA) is 32.3 Å². The Balaban J connectivity index is 1.73. The van der Waals surface area contributed by atoms with Gasteiger partial charge in [-0.2, -0.15) is 11.8 Å². The number of thioether (sulfide) groups is 1. The van der Waals surface area contributed by atoms with Gasteiger partial charge in [-0.3, -0.25) is 4.79 Å². The van der Waals surface area contributed by atoms with Crippen molar-refractivity contribution >= 4 is 17.7 Å². The van der Waals surface area contributed by atoms with Crippen LogP contribution in [0.25, 0.3) is 0 Å². The third-order valence-electron chi connectivity index (χ3n) is 4.01. The molecule has 1 amide bonds. The molecule has 98 valence electrons. The number of likely N-dealkylation sites (N-methyl/N-ethyl adjacent to an activating group) is 1. The number of rotatable bonds is 5. The second-order valence-corrected chi connectivity index (χ2v) is 6.36. The molecule has 0 heterocycles. The van der Waals surface area contributed by atoms with E-state index in [2.05, 4.69) is 11.6 Å². The molecule has 2 fully saturated rings. The summed E-state index contributed by atoms with van der Waals surface area (Å²) in [4.78, 5) is 13.8. The van der Waals surface area contributed by atoms with Gasteiger partial charge in [0.1, 0.15) is 0 Å². The Morgan fingerprint density at radius 2 is 2.00 bits per heavy atom. The summed E-state index contributed by atoms with van der Waals surface area (Å²) < 4.78 is 0. The lowest BCUT2D eigenvalue weighted by Crippen LogP contribution is -2.46. The van der Waals surface area contributed by atoms with Gasteiger partial charge in [0.25, 0.3) is 0 Å². The van der Waals surface area contributed by atoms with Crippen molar-refractivity contribution in [2.24, 2.45) is 0 Å². The van der Waals surface area contributed by atoms with Crippen LogP contribution in [0.3, 0.4) is 0 Å². The van der Waals surface area contributed by atoms with Gasteiger partial charge >= 0.3 is 0 Å². The molecule has 2 aliphatic rings. The summed E-state index contributed by atoms with van der Waals surface area (Å²) in [6.07, 6.45) is 9.75. The predicted molar refractivity (Wildman–Crippen MR) is 73.4 cm³/mol. The number of carbonyl (C=O) groups is 1. The van der Waals surface area contributed by atoms with Crippen molar-refractivity contribution < 1.29 is 4.79 Å². The second-order valence-electron chi connectivity index (χ2n) is 5.28. The van der Waals surface area contributed by atoms with Crippen molar-refractivity contribution in [1.82, 2.24) is 10.2 Å². The summed E-state index contributed by atoms with van der Waals surface area (Å²) in [6.45, 7) is 0.523. The summed E-state index contributed by atoms with van der Waals surface area (Å²) in [5.74, 6) is 0.262. The molecule has 2 saturated carbocycles. The van der Waals surface area contributed by atoms with Crippen LogP contribution >= 0.6 is 11.8 Å². The van der Waals surface area contributed by atoms with Crippen molar-refractivity contribution in [3.8, 4) is 0 Å². The summed E-state index contributed by atoms with van der Waals surface area (Å²) >= 11 is 1.95. The highest BCUT2D eigenvalue weighted by Gasteiger charge is 2.30. The van der Waals surface area contributed by atoms with E-state index in [1.807, 2.05) is 23.7 Å². The van der Waals surface area contributed by atoms with Crippen LogP contribution in [-0.2, 0) is 4.79 Å². The third kappa shape index (κ3) is 3.62. The van der Waals surface area contributed by atoms with Gasteiger partial charge in [-0.05, 0) is 31.9 Å². The maximum atomic E-state index is 11.9. The molecule has 0 aromatic heterocycles. The number of hydrogen-bond acceptors (Lipinski definition) is 3. The van der Waals surface area contributed by atoms with E-state index >= 15 is 0 Å². The number of amides is 1. The summed E-state index contributed by atoms with van der Waals surface area (Å²) in [7, 11) is 1.94. The Morgan fingerprint density at radius 1 is 1.29 bits per heavy atom. The fourth-order valence-corrected chi connectivity index (χ4v) is 3.58. The monoisotopic (exact) mass is 256 g/mol. The van der Waals surface area contributed by atoms with E-state index in [-0.39, 0.29) is 5.91 Å². The lowest BCUT2D eigenvalue weighted by molar-refractivity contribution is -0.129. The van der Waals surface area contributed by atoms with Crippen LogP contribution in [0.15, 0.2) is 0 Å². The standard InChI is InChI=1S/C13H24N2OS/c1-15(10-7-8-10)13(16)9-14-11-5-3-4-6-12(11)17-2/h10-12,14H,3-9H2,1-2H3. The fraction of sp³-hybridized carbons (Fsp3) is 0.923. The van der Waals surface area contributed by atoms with E-state index in [1.165, 1.54) is 38.5 Å². The first-order valence-electron chi connectivity index (χ1n) is 6.74. The van der Waals surface area contributed by atoms with Gasteiger partial charge in [0, 0.05) is 24.4 Å². The first kappa shape index (κ1) is 13.2. The molecule has 0 bridgehead atoms. The average molecular weight is 256 g/mol. The van der Waals surface area contributed by atoms with Crippen molar-refractivity contribution in [3.63, 3.8) is 0 Å². The Bertz CT molecular complexity index is 268. The second kappa shape index (κ2) is 6.10. The van der Waals surface area contributed by atoms with Gasteiger partial charge in [0.2, 0.25) is 5.91 Å². The van der Waals surface area contributed by atoms with E-state index in [0.717, 1.165) is 0 Å². The van der Waals surface area contributed by atoms with E-state index in [9.17, 15) is 4.79 Å². The Kier molecular flexibility index (Phi) is 4.74. The van der Waals surface area contributed by atoms with Crippen molar-refractivity contribution in [3.05, 3.63) is 0 Å². The van der Waals surface area contributed by atoms with E-state index in [0.29, 0.717) is 23.9 Å². The highest BCUT2D eigenvalue weighted by Crippen LogP contribution is 2.27. The average Bonchev–Trinajstić information content (AvgIpc) is 3.19. The van der Waals surface area contributed by atoms with Gasteiger partial charge in [0.15, 0.2) is 0 Å². The summed E-state index contributed by atoms with van der Waals surface area (Å²) in [6, 6.07) is 1.07. The zero-order chi connectivity index (χ0) is 12.3. The van der Waals surface area contributed by atoms with Crippen molar-refractivity contribution in [2.75, 3.05) is 19.8 Å². The zero-order valence-electron chi connectivity index (χ0n) is 10.9. The molecule has 0 radical (unpaired) electrons. The van der Waals surface area contributed by atoms with Crippen molar-refractivity contribution in [2.45, 2.75) is 55.9 Å². The molecule has 2 rings (SSSR count). The first-order valence-corrected chi connectivity index (χ1v) is 8.03. The molecule has 1 N–H and O–H groups in total. The molecule has 0 aromatic rings. The molecule has 0 saturated heterocycles. The molecule has 0 spiro atoms.